The van der Waals surface area contributed by atoms with E-state index in [0.29, 0.717) is 11.5 Å². The highest BCUT2D eigenvalue weighted by atomic mass is 127. The molecule has 1 amide bonds. The Balaban J connectivity index is 2.36. The maximum Gasteiger partial charge on any atom is 0.299 e. The molecule has 1 atom stereocenters. The summed E-state index contributed by atoms with van der Waals surface area (Å²) in [7, 11) is 0. The quantitative estimate of drug-likeness (QED) is 0.530. The van der Waals surface area contributed by atoms with Gasteiger partial charge in [-0.15, -0.1) is 0 Å². The minimum absolute atomic E-state index is 0.281. The molecule has 2 aliphatic rings. The number of rotatable bonds is 0. The molecule has 4 heteroatoms. The molecule has 0 saturated heterocycles. The van der Waals surface area contributed by atoms with Crippen molar-refractivity contribution in [2.75, 3.05) is 4.90 Å². The van der Waals surface area contributed by atoms with E-state index in [-0.39, 0.29) is 17.2 Å². The molecule has 0 spiro atoms. The summed E-state index contributed by atoms with van der Waals surface area (Å²) < 4.78 is 1.02. The molecule has 94 valence electrons. The largest absolute Gasteiger partial charge is 0.299 e. The van der Waals surface area contributed by atoms with Crippen LogP contribution in [0.25, 0.3) is 0 Å². The average Bonchev–Trinajstić information content (AvgIpc) is 2.50. The number of halogens is 1. The number of Topliss-reactive ketones (excluding diaryl/α,β-unsaturated/α-hetero) is 1. The van der Waals surface area contributed by atoms with Gasteiger partial charge in [0.1, 0.15) is 0 Å². The Morgan fingerprint density at radius 2 is 2.00 bits per heavy atom. The van der Waals surface area contributed by atoms with Crippen LogP contribution in [0.3, 0.4) is 0 Å². The lowest BCUT2D eigenvalue weighted by Crippen LogP contribution is -2.50. The Hall–Kier alpha value is -0.910. The highest BCUT2D eigenvalue weighted by molar-refractivity contribution is 14.1. The van der Waals surface area contributed by atoms with E-state index in [1.807, 2.05) is 19.9 Å². The summed E-state index contributed by atoms with van der Waals surface area (Å²) in [6, 6.07) is 3.92. The van der Waals surface area contributed by atoms with Crippen LogP contribution in [0.1, 0.15) is 49.0 Å². The maximum absolute atomic E-state index is 12.2. The molecule has 2 aliphatic heterocycles. The first-order chi connectivity index (χ1) is 8.33. The van der Waals surface area contributed by atoms with Crippen LogP contribution in [0.2, 0.25) is 0 Å². The summed E-state index contributed by atoms with van der Waals surface area (Å²) in [5.74, 6) is -0.351. The molecular formula is C14H14INO2. The van der Waals surface area contributed by atoms with Gasteiger partial charge in [0.15, 0.2) is 0 Å². The van der Waals surface area contributed by atoms with Gasteiger partial charge in [-0.25, -0.2) is 0 Å². The number of hydrogen-bond acceptors (Lipinski definition) is 2. The second-order valence-electron chi connectivity index (χ2n) is 5.78. The van der Waals surface area contributed by atoms with Gasteiger partial charge in [0, 0.05) is 9.11 Å². The third kappa shape index (κ3) is 1.41. The van der Waals surface area contributed by atoms with Crippen LogP contribution in [-0.2, 0) is 4.79 Å². The SMILES string of the molecule is CC1CC(C)(C)N2C(=O)C(=O)c3cc(I)cc1c32. The van der Waals surface area contributed by atoms with Crippen LogP contribution in [-0.4, -0.2) is 17.2 Å². The number of ketones is 1. The van der Waals surface area contributed by atoms with E-state index in [2.05, 4.69) is 35.6 Å². The van der Waals surface area contributed by atoms with Crippen molar-refractivity contribution in [2.45, 2.75) is 38.6 Å². The van der Waals surface area contributed by atoms with Crippen molar-refractivity contribution in [1.29, 1.82) is 0 Å². The Bertz CT molecular complexity index is 592. The van der Waals surface area contributed by atoms with Gasteiger partial charge in [0.25, 0.3) is 11.7 Å². The number of amides is 1. The summed E-state index contributed by atoms with van der Waals surface area (Å²) in [6.07, 6.45) is 0.887. The number of hydrogen-bond donors (Lipinski definition) is 0. The van der Waals surface area contributed by atoms with Crippen molar-refractivity contribution in [3.05, 3.63) is 26.8 Å². The smallest absolute Gasteiger partial charge is 0.299 e. The zero-order valence-corrected chi connectivity index (χ0v) is 12.7. The van der Waals surface area contributed by atoms with Gasteiger partial charge < -0.3 is 0 Å². The molecule has 0 bridgehead atoms. The predicted molar refractivity (Wildman–Crippen MR) is 78.1 cm³/mol. The standard InChI is InChI=1S/C14H14INO2/c1-7-6-14(2,3)16-11-9(7)4-8(15)5-10(11)12(17)13(16)18/h4-5,7H,6H2,1-3H3. The fraction of sp³-hybridized carbons (Fsp3) is 0.429. The highest BCUT2D eigenvalue weighted by Crippen LogP contribution is 2.48. The van der Waals surface area contributed by atoms with Gasteiger partial charge in [0.2, 0.25) is 0 Å². The molecular weight excluding hydrogens is 341 g/mol. The van der Waals surface area contributed by atoms with Crippen LogP contribution >= 0.6 is 22.6 Å². The molecule has 0 fully saturated rings. The predicted octanol–water partition coefficient (Wildman–Crippen LogP) is 3.11. The Labute approximate surface area is 120 Å². The monoisotopic (exact) mass is 355 g/mol. The normalized spacial score (nSPS) is 24.4. The molecule has 18 heavy (non-hydrogen) atoms. The van der Waals surface area contributed by atoms with Gasteiger partial charge in [0.05, 0.1) is 11.3 Å². The molecule has 3 rings (SSSR count). The molecule has 1 unspecified atom stereocenters. The molecule has 0 aromatic heterocycles. The number of carbonyl (C=O) groups excluding carboxylic acids is 2. The topological polar surface area (TPSA) is 37.4 Å². The second kappa shape index (κ2) is 3.56. The van der Waals surface area contributed by atoms with E-state index in [4.69, 9.17) is 0 Å². The van der Waals surface area contributed by atoms with E-state index in [1.165, 1.54) is 0 Å². The van der Waals surface area contributed by atoms with Gasteiger partial charge in [-0.3, -0.25) is 14.5 Å². The van der Waals surface area contributed by atoms with Crippen molar-refractivity contribution in [3.8, 4) is 0 Å². The summed E-state index contributed by atoms with van der Waals surface area (Å²) in [5.41, 5.74) is 2.29. The third-order valence-electron chi connectivity index (χ3n) is 3.91. The van der Waals surface area contributed by atoms with Gasteiger partial charge in [-0.2, -0.15) is 0 Å². The van der Waals surface area contributed by atoms with Crippen LogP contribution < -0.4 is 4.90 Å². The second-order valence-corrected chi connectivity index (χ2v) is 7.02. The van der Waals surface area contributed by atoms with Gasteiger partial charge in [-0.1, -0.05) is 6.92 Å². The number of carbonyl (C=O) groups is 2. The lowest BCUT2D eigenvalue weighted by atomic mass is 9.80. The van der Waals surface area contributed by atoms with Crippen molar-refractivity contribution >= 4 is 40.0 Å². The Morgan fingerprint density at radius 3 is 2.67 bits per heavy atom. The maximum atomic E-state index is 12.2. The van der Waals surface area contributed by atoms with Crippen LogP contribution in [0.5, 0.6) is 0 Å². The van der Waals surface area contributed by atoms with Crippen molar-refractivity contribution in [3.63, 3.8) is 0 Å². The van der Waals surface area contributed by atoms with E-state index < -0.39 is 0 Å². The number of anilines is 1. The first kappa shape index (κ1) is 12.1. The molecule has 2 heterocycles. The zero-order chi connectivity index (χ0) is 13.2. The summed E-state index contributed by atoms with van der Waals surface area (Å²) in [4.78, 5) is 26.0. The van der Waals surface area contributed by atoms with E-state index in [0.717, 1.165) is 21.2 Å². The van der Waals surface area contributed by atoms with Crippen molar-refractivity contribution < 1.29 is 9.59 Å². The zero-order valence-electron chi connectivity index (χ0n) is 10.6. The summed E-state index contributed by atoms with van der Waals surface area (Å²) in [5, 5.41) is 0. The minimum Gasteiger partial charge on any atom is -0.299 e. The van der Waals surface area contributed by atoms with Gasteiger partial charge in [-0.05, 0) is 66.5 Å². The van der Waals surface area contributed by atoms with E-state index in [9.17, 15) is 9.59 Å². The fourth-order valence-electron chi connectivity index (χ4n) is 3.27. The first-order valence-electron chi connectivity index (χ1n) is 6.05. The third-order valence-corrected chi connectivity index (χ3v) is 4.53. The van der Waals surface area contributed by atoms with Crippen LogP contribution in [0.15, 0.2) is 12.1 Å². The number of benzene rings is 1. The van der Waals surface area contributed by atoms with E-state index in [1.54, 1.807) is 4.90 Å². The summed E-state index contributed by atoms with van der Waals surface area (Å²) >= 11 is 2.21. The van der Waals surface area contributed by atoms with Crippen LogP contribution in [0, 0.1) is 3.57 Å². The van der Waals surface area contributed by atoms with Crippen molar-refractivity contribution in [2.24, 2.45) is 0 Å². The molecule has 3 nitrogen and oxygen atoms in total. The molecule has 0 aliphatic carbocycles. The first-order valence-corrected chi connectivity index (χ1v) is 7.13. The minimum atomic E-state index is -0.370. The van der Waals surface area contributed by atoms with Crippen LogP contribution in [0.4, 0.5) is 5.69 Å². The lowest BCUT2D eigenvalue weighted by molar-refractivity contribution is -0.115. The average molecular weight is 355 g/mol. The van der Waals surface area contributed by atoms with Gasteiger partial charge >= 0.3 is 0 Å². The Morgan fingerprint density at radius 1 is 1.33 bits per heavy atom. The van der Waals surface area contributed by atoms with E-state index >= 15 is 0 Å². The molecule has 0 saturated carbocycles. The Kier molecular flexibility index (Phi) is 2.40. The molecule has 0 N–H and O–H groups in total. The summed E-state index contributed by atoms with van der Waals surface area (Å²) in [6.45, 7) is 6.23. The molecule has 1 aromatic rings. The van der Waals surface area contributed by atoms with Crippen molar-refractivity contribution in [1.82, 2.24) is 0 Å². The highest BCUT2D eigenvalue weighted by Gasteiger charge is 2.48. The number of nitrogens with zero attached hydrogens (tertiary/aromatic N) is 1. The lowest BCUT2D eigenvalue weighted by Gasteiger charge is -2.43. The fourth-order valence-corrected chi connectivity index (χ4v) is 3.91. The molecule has 1 aromatic carbocycles. The molecule has 0 radical (unpaired) electrons.